The van der Waals surface area contributed by atoms with E-state index in [1.807, 2.05) is 37.3 Å². The van der Waals surface area contributed by atoms with E-state index in [1.54, 1.807) is 18.2 Å². The quantitative estimate of drug-likeness (QED) is 0.550. The Morgan fingerprint density at radius 2 is 2.12 bits per heavy atom. The molecule has 0 unspecified atom stereocenters. The van der Waals surface area contributed by atoms with Crippen molar-refractivity contribution >= 4 is 18.4 Å². The smallest absolute Gasteiger partial charge is 0.216 e. The minimum Gasteiger partial charge on any atom is -0.507 e. The number of para-hydroxylation sites is 1. The van der Waals surface area contributed by atoms with Crippen molar-refractivity contribution in [3.05, 3.63) is 58.9 Å². The second kappa shape index (κ2) is 7.10. The van der Waals surface area contributed by atoms with Gasteiger partial charge in [0.2, 0.25) is 4.77 Å². The van der Waals surface area contributed by atoms with Crippen molar-refractivity contribution in [2.24, 2.45) is 5.10 Å². The van der Waals surface area contributed by atoms with Gasteiger partial charge >= 0.3 is 0 Å². The molecular formula is C17H16N4O2S. The van der Waals surface area contributed by atoms with Crippen LogP contribution in [0.3, 0.4) is 0 Å². The number of aromatic amines is 1. The third-order valence-electron chi connectivity index (χ3n) is 3.30. The number of hydrogen-bond donors (Lipinski definition) is 2. The second-order valence-electron chi connectivity index (χ2n) is 4.93. The molecule has 0 atom stereocenters. The van der Waals surface area contributed by atoms with E-state index in [0.717, 1.165) is 11.3 Å². The molecule has 0 spiro atoms. The molecule has 0 aliphatic heterocycles. The number of hydrogen-bond acceptors (Lipinski definition) is 5. The number of nitrogens with one attached hydrogen (secondary N) is 1. The van der Waals surface area contributed by atoms with Crippen LogP contribution in [0.25, 0.3) is 11.4 Å². The first-order valence-electron chi connectivity index (χ1n) is 7.42. The molecule has 7 heteroatoms. The number of benzene rings is 2. The van der Waals surface area contributed by atoms with Gasteiger partial charge in [0.15, 0.2) is 5.82 Å². The summed E-state index contributed by atoms with van der Waals surface area (Å²) in [5, 5.41) is 21.1. The number of phenols is 1. The molecule has 2 aromatic carbocycles. The fourth-order valence-electron chi connectivity index (χ4n) is 2.19. The van der Waals surface area contributed by atoms with Crippen LogP contribution >= 0.6 is 12.2 Å². The van der Waals surface area contributed by atoms with Crippen molar-refractivity contribution in [2.75, 3.05) is 6.61 Å². The van der Waals surface area contributed by atoms with Crippen LogP contribution < -0.4 is 4.74 Å². The first kappa shape index (κ1) is 15.9. The number of aromatic hydroxyl groups is 1. The lowest BCUT2D eigenvalue weighted by molar-refractivity contribution is 0.340. The van der Waals surface area contributed by atoms with Crippen molar-refractivity contribution in [3.63, 3.8) is 0 Å². The summed E-state index contributed by atoms with van der Waals surface area (Å²) in [5.41, 5.74) is 1.41. The van der Waals surface area contributed by atoms with E-state index in [9.17, 15) is 5.11 Å². The highest BCUT2D eigenvalue weighted by Gasteiger charge is 2.09. The largest absolute Gasteiger partial charge is 0.507 e. The topological polar surface area (TPSA) is 75.4 Å². The number of nitrogens with zero attached hydrogens (tertiary/aromatic N) is 3. The maximum Gasteiger partial charge on any atom is 0.216 e. The van der Waals surface area contributed by atoms with Crippen LogP contribution in [0.2, 0.25) is 0 Å². The Hall–Kier alpha value is -2.93. The summed E-state index contributed by atoms with van der Waals surface area (Å²) >= 11 is 5.24. The van der Waals surface area contributed by atoms with Crippen LogP contribution in [0.1, 0.15) is 12.5 Å². The highest BCUT2D eigenvalue weighted by atomic mass is 32.1. The van der Waals surface area contributed by atoms with E-state index in [1.165, 1.54) is 10.9 Å². The Balaban J connectivity index is 1.99. The molecule has 6 nitrogen and oxygen atoms in total. The predicted octanol–water partition coefficient (Wildman–Crippen LogP) is 3.59. The van der Waals surface area contributed by atoms with Crippen LogP contribution in [-0.2, 0) is 0 Å². The Morgan fingerprint density at radius 3 is 2.92 bits per heavy atom. The lowest BCUT2D eigenvalue weighted by Gasteiger charge is -2.05. The van der Waals surface area contributed by atoms with Gasteiger partial charge in [0.1, 0.15) is 11.5 Å². The van der Waals surface area contributed by atoms with Crippen molar-refractivity contribution in [1.29, 1.82) is 0 Å². The predicted molar refractivity (Wildman–Crippen MR) is 95.1 cm³/mol. The van der Waals surface area contributed by atoms with E-state index >= 15 is 0 Å². The van der Waals surface area contributed by atoms with Crippen LogP contribution in [0.4, 0.5) is 0 Å². The monoisotopic (exact) mass is 340 g/mol. The van der Waals surface area contributed by atoms with Crippen molar-refractivity contribution in [2.45, 2.75) is 6.92 Å². The molecule has 0 fully saturated rings. The maximum absolute atomic E-state index is 9.82. The molecule has 3 aromatic rings. The van der Waals surface area contributed by atoms with E-state index in [2.05, 4.69) is 15.3 Å². The number of aromatic nitrogens is 3. The molecule has 0 bridgehead atoms. The van der Waals surface area contributed by atoms with Crippen LogP contribution in [0, 0.1) is 4.77 Å². The van der Waals surface area contributed by atoms with E-state index in [4.69, 9.17) is 17.0 Å². The normalized spacial score (nSPS) is 11.0. The van der Waals surface area contributed by atoms with Crippen molar-refractivity contribution in [3.8, 4) is 22.9 Å². The zero-order valence-corrected chi connectivity index (χ0v) is 13.8. The summed E-state index contributed by atoms with van der Waals surface area (Å²) in [6, 6.07) is 14.5. The molecule has 24 heavy (non-hydrogen) atoms. The third kappa shape index (κ3) is 3.36. The highest BCUT2D eigenvalue weighted by Crippen LogP contribution is 2.23. The summed E-state index contributed by atoms with van der Waals surface area (Å²) in [7, 11) is 0. The van der Waals surface area contributed by atoms with E-state index < -0.39 is 0 Å². The first-order valence-corrected chi connectivity index (χ1v) is 7.83. The van der Waals surface area contributed by atoms with Gasteiger partial charge in [0.05, 0.1) is 12.8 Å². The number of rotatable bonds is 5. The zero-order valence-electron chi connectivity index (χ0n) is 13.0. The molecule has 1 heterocycles. The molecule has 0 radical (unpaired) electrons. The standard InChI is InChI=1S/C17H16N4O2S/c1-2-23-14-8-5-7-12(10-14)16-19-20-17(24)21(16)18-11-13-6-3-4-9-15(13)22/h3-11,22H,2H2,1H3,(H,20,24)/b18-11+. The lowest BCUT2D eigenvalue weighted by Crippen LogP contribution is -1.96. The van der Waals surface area contributed by atoms with Gasteiger partial charge in [-0.1, -0.05) is 24.3 Å². The number of H-pyrrole nitrogens is 1. The molecule has 0 amide bonds. The first-order chi connectivity index (χ1) is 11.7. The summed E-state index contributed by atoms with van der Waals surface area (Å²) in [5.74, 6) is 1.46. The van der Waals surface area contributed by atoms with Gasteiger partial charge < -0.3 is 9.84 Å². The molecule has 2 N–H and O–H groups in total. The molecule has 0 aliphatic carbocycles. The lowest BCUT2D eigenvalue weighted by atomic mass is 10.2. The van der Waals surface area contributed by atoms with E-state index in [-0.39, 0.29) is 5.75 Å². The Labute approximate surface area is 144 Å². The van der Waals surface area contributed by atoms with Gasteiger partial charge in [-0.05, 0) is 43.4 Å². The number of ether oxygens (including phenoxy) is 1. The van der Waals surface area contributed by atoms with Crippen LogP contribution in [-0.4, -0.2) is 32.8 Å². The molecule has 0 saturated heterocycles. The average Bonchev–Trinajstić information content (AvgIpc) is 2.96. The highest BCUT2D eigenvalue weighted by molar-refractivity contribution is 7.71. The van der Waals surface area contributed by atoms with Gasteiger partial charge in [0, 0.05) is 11.1 Å². The summed E-state index contributed by atoms with van der Waals surface area (Å²) in [4.78, 5) is 0. The molecule has 1 aromatic heterocycles. The molecule has 0 saturated carbocycles. The van der Waals surface area contributed by atoms with Crippen molar-refractivity contribution < 1.29 is 9.84 Å². The SMILES string of the molecule is CCOc1cccc(-c2n[nH]c(=S)n2/N=C/c2ccccc2O)c1. The zero-order chi connectivity index (χ0) is 16.9. The van der Waals surface area contributed by atoms with Crippen molar-refractivity contribution in [1.82, 2.24) is 14.9 Å². The van der Waals surface area contributed by atoms with Gasteiger partial charge in [0.25, 0.3) is 0 Å². The fourth-order valence-corrected chi connectivity index (χ4v) is 2.37. The average molecular weight is 340 g/mol. The molecule has 122 valence electrons. The molecular weight excluding hydrogens is 324 g/mol. The van der Waals surface area contributed by atoms with Gasteiger partial charge in [-0.2, -0.15) is 14.9 Å². The van der Waals surface area contributed by atoms with Crippen LogP contribution in [0.5, 0.6) is 11.5 Å². The molecule has 3 rings (SSSR count). The summed E-state index contributed by atoms with van der Waals surface area (Å²) in [6.07, 6.45) is 1.54. The van der Waals surface area contributed by atoms with Gasteiger partial charge in [-0.3, -0.25) is 0 Å². The minimum absolute atomic E-state index is 0.149. The second-order valence-corrected chi connectivity index (χ2v) is 5.32. The summed E-state index contributed by atoms with van der Waals surface area (Å²) in [6.45, 7) is 2.51. The minimum atomic E-state index is 0.149. The summed E-state index contributed by atoms with van der Waals surface area (Å²) < 4.78 is 7.38. The Bertz CT molecular complexity index is 930. The maximum atomic E-state index is 9.82. The Kier molecular flexibility index (Phi) is 4.72. The van der Waals surface area contributed by atoms with Gasteiger partial charge in [-0.15, -0.1) is 0 Å². The fraction of sp³-hybridized carbons (Fsp3) is 0.118. The van der Waals surface area contributed by atoms with Gasteiger partial charge in [-0.25, -0.2) is 5.10 Å². The third-order valence-corrected chi connectivity index (χ3v) is 3.57. The Morgan fingerprint density at radius 1 is 1.29 bits per heavy atom. The molecule has 0 aliphatic rings. The van der Waals surface area contributed by atoms with Crippen LogP contribution in [0.15, 0.2) is 53.6 Å². The number of phenolic OH excluding ortho intramolecular Hbond substituents is 1. The van der Waals surface area contributed by atoms with E-state index in [0.29, 0.717) is 22.8 Å².